The Labute approximate surface area is 201 Å². The quantitative estimate of drug-likeness (QED) is 0.271. The smallest absolute Gasteiger partial charge is 0.191 e. The highest BCUT2D eigenvalue weighted by atomic mass is 127. The number of nitrogens with zero attached hydrogens (tertiary/aromatic N) is 2. The molecule has 31 heavy (non-hydrogen) atoms. The van der Waals surface area contributed by atoms with Crippen LogP contribution in [0.3, 0.4) is 0 Å². The van der Waals surface area contributed by atoms with Crippen molar-refractivity contribution in [1.82, 2.24) is 15.5 Å². The number of methoxy groups -OCH3 is 2. The zero-order valence-electron chi connectivity index (χ0n) is 18.3. The SMILES string of the molecule is COc1ccc(CN=C(NCCc2ccco2)NCCN2CCOCC2)cc1OC.I. The van der Waals surface area contributed by atoms with Gasteiger partial charge in [-0.2, -0.15) is 0 Å². The maximum absolute atomic E-state index is 5.41. The first-order chi connectivity index (χ1) is 14.8. The fraction of sp³-hybridized carbons (Fsp3) is 0.500. The fourth-order valence-electron chi connectivity index (χ4n) is 3.24. The second-order valence-corrected chi connectivity index (χ2v) is 6.99. The van der Waals surface area contributed by atoms with E-state index in [4.69, 9.17) is 23.6 Å². The van der Waals surface area contributed by atoms with Gasteiger partial charge in [-0.3, -0.25) is 4.90 Å². The Morgan fingerprint density at radius 3 is 2.55 bits per heavy atom. The molecule has 2 heterocycles. The highest BCUT2D eigenvalue weighted by Gasteiger charge is 2.10. The van der Waals surface area contributed by atoms with Gasteiger partial charge in [-0.1, -0.05) is 6.07 Å². The lowest BCUT2D eigenvalue weighted by molar-refractivity contribution is 0.0389. The Morgan fingerprint density at radius 1 is 1.06 bits per heavy atom. The van der Waals surface area contributed by atoms with Crippen LogP contribution in [0.15, 0.2) is 46.0 Å². The molecule has 0 saturated carbocycles. The van der Waals surface area contributed by atoms with Gasteiger partial charge in [-0.15, -0.1) is 24.0 Å². The maximum atomic E-state index is 5.41. The summed E-state index contributed by atoms with van der Waals surface area (Å²) in [5, 5.41) is 6.84. The second kappa shape index (κ2) is 14.2. The minimum atomic E-state index is 0. The van der Waals surface area contributed by atoms with Gasteiger partial charge in [0.15, 0.2) is 17.5 Å². The summed E-state index contributed by atoms with van der Waals surface area (Å²) in [5.74, 6) is 3.16. The molecule has 1 aliphatic rings. The molecule has 2 aromatic rings. The van der Waals surface area contributed by atoms with E-state index in [-0.39, 0.29) is 24.0 Å². The zero-order chi connectivity index (χ0) is 21.0. The van der Waals surface area contributed by atoms with Crippen molar-refractivity contribution in [3.8, 4) is 11.5 Å². The molecular formula is C22H33IN4O4. The third-order valence-corrected chi connectivity index (χ3v) is 4.94. The van der Waals surface area contributed by atoms with Gasteiger partial charge in [0.25, 0.3) is 0 Å². The van der Waals surface area contributed by atoms with Crippen LogP contribution < -0.4 is 20.1 Å². The van der Waals surface area contributed by atoms with Crippen LogP contribution in [0, 0.1) is 0 Å². The highest BCUT2D eigenvalue weighted by molar-refractivity contribution is 14.0. The minimum absolute atomic E-state index is 0. The number of rotatable bonds is 10. The fourth-order valence-corrected chi connectivity index (χ4v) is 3.24. The second-order valence-electron chi connectivity index (χ2n) is 6.99. The van der Waals surface area contributed by atoms with Crippen molar-refractivity contribution in [2.45, 2.75) is 13.0 Å². The van der Waals surface area contributed by atoms with Crippen LogP contribution in [-0.4, -0.2) is 71.0 Å². The van der Waals surface area contributed by atoms with Gasteiger partial charge in [0.05, 0.1) is 40.2 Å². The van der Waals surface area contributed by atoms with E-state index < -0.39 is 0 Å². The van der Waals surface area contributed by atoms with Crippen molar-refractivity contribution in [2.75, 3.05) is 60.2 Å². The summed E-state index contributed by atoms with van der Waals surface area (Å²) in [6.45, 7) is 6.62. The molecule has 0 radical (unpaired) electrons. The predicted molar refractivity (Wildman–Crippen MR) is 132 cm³/mol. The standard InChI is InChI=1S/C22H32N4O4.HI/c1-27-20-6-5-18(16-21(20)28-2)17-25-22(23-8-7-19-4-3-13-30-19)24-9-10-26-11-14-29-15-12-26;/h3-6,13,16H,7-12,14-15,17H2,1-2H3,(H2,23,24,25);1H. The molecule has 0 unspecified atom stereocenters. The van der Waals surface area contributed by atoms with Gasteiger partial charge in [0.2, 0.25) is 0 Å². The molecule has 1 aliphatic heterocycles. The Morgan fingerprint density at radius 2 is 1.84 bits per heavy atom. The van der Waals surface area contributed by atoms with E-state index in [2.05, 4.69) is 15.5 Å². The lowest BCUT2D eigenvalue weighted by Gasteiger charge is -2.26. The Balaban J connectivity index is 0.00000341. The minimum Gasteiger partial charge on any atom is -0.493 e. The number of guanidine groups is 1. The van der Waals surface area contributed by atoms with Gasteiger partial charge in [-0.05, 0) is 29.8 Å². The number of hydrogen-bond acceptors (Lipinski definition) is 6. The molecule has 1 saturated heterocycles. The number of hydrogen-bond donors (Lipinski definition) is 2. The number of furan rings is 1. The molecule has 0 bridgehead atoms. The molecule has 9 heteroatoms. The monoisotopic (exact) mass is 544 g/mol. The van der Waals surface area contributed by atoms with Gasteiger partial charge in [0.1, 0.15) is 5.76 Å². The van der Waals surface area contributed by atoms with E-state index in [1.165, 1.54) is 0 Å². The predicted octanol–water partition coefficient (Wildman–Crippen LogP) is 2.52. The topological polar surface area (TPSA) is 80.5 Å². The van der Waals surface area contributed by atoms with Crippen molar-refractivity contribution < 1.29 is 18.6 Å². The van der Waals surface area contributed by atoms with Crippen molar-refractivity contribution >= 4 is 29.9 Å². The molecule has 0 spiro atoms. The molecule has 2 N–H and O–H groups in total. The zero-order valence-corrected chi connectivity index (χ0v) is 20.6. The number of morpholine rings is 1. The van der Waals surface area contributed by atoms with Crippen LogP contribution >= 0.6 is 24.0 Å². The van der Waals surface area contributed by atoms with Gasteiger partial charge in [-0.25, -0.2) is 4.99 Å². The number of ether oxygens (including phenoxy) is 3. The average Bonchev–Trinajstić information content (AvgIpc) is 3.31. The molecule has 1 aromatic carbocycles. The summed E-state index contributed by atoms with van der Waals surface area (Å²) >= 11 is 0. The number of benzene rings is 1. The third-order valence-electron chi connectivity index (χ3n) is 4.94. The Kier molecular flexibility index (Phi) is 11.5. The van der Waals surface area contributed by atoms with E-state index in [1.54, 1.807) is 20.5 Å². The van der Waals surface area contributed by atoms with Crippen LogP contribution in [0.4, 0.5) is 0 Å². The molecule has 1 aromatic heterocycles. The molecule has 3 rings (SSSR count). The van der Waals surface area contributed by atoms with E-state index in [9.17, 15) is 0 Å². The normalized spacial score (nSPS) is 14.6. The summed E-state index contributed by atoms with van der Waals surface area (Å²) in [5.41, 5.74) is 1.05. The molecular weight excluding hydrogens is 511 g/mol. The highest BCUT2D eigenvalue weighted by Crippen LogP contribution is 2.27. The lowest BCUT2D eigenvalue weighted by Crippen LogP contribution is -2.44. The van der Waals surface area contributed by atoms with Crippen molar-refractivity contribution in [3.63, 3.8) is 0 Å². The molecule has 172 valence electrons. The van der Waals surface area contributed by atoms with Crippen LogP contribution in [-0.2, 0) is 17.7 Å². The summed E-state index contributed by atoms with van der Waals surface area (Å²) in [6.07, 6.45) is 2.50. The van der Waals surface area contributed by atoms with Gasteiger partial charge < -0.3 is 29.3 Å². The lowest BCUT2D eigenvalue weighted by atomic mass is 10.2. The first kappa shape index (κ1) is 25.3. The van der Waals surface area contributed by atoms with Gasteiger partial charge >= 0.3 is 0 Å². The summed E-state index contributed by atoms with van der Waals surface area (Å²) in [7, 11) is 3.27. The molecule has 8 nitrogen and oxygen atoms in total. The van der Waals surface area contributed by atoms with E-state index in [0.717, 1.165) is 69.6 Å². The summed E-state index contributed by atoms with van der Waals surface area (Å²) < 4.78 is 21.5. The van der Waals surface area contributed by atoms with E-state index in [0.29, 0.717) is 18.0 Å². The van der Waals surface area contributed by atoms with Crippen LogP contribution in [0.2, 0.25) is 0 Å². The molecule has 1 fully saturated rings. The first-order valence-corrected chi connectivity index (χ1v) is 10.3. The van der Waals surface area contributed by atoms with Crippen LogP contribution in [0.25, 0.3) is 0 Å². The van der Waals surface area contributed by atoms with Crippen molar-refractivity contribution in [1.29, 1.82) is 0 Å². The largest absolute Gasteiger partial charge is 0.493 e. The van der Waals surface area contributed by atoms with Crippen molar-refractivity contribution in [3.05, 3.63) is 47.9 Å². The number of aliphatic imine (C=N–C) groups is 1. The molecule has 0 aliphatic carbocycles. The number of nitrogens with one attached hydrogen (secondary N) is 2. The van der Waals surface area contributed by atoms with Crippen molar-refractivity contribution in [2.24, 2.45) is 4.99 Å². The molecule has 0 atom stereocenters. The van der Waals surface area contributed by atoms with E-state index in [1.807, 2.05) is 30.3 Å². The van der Waals surface area contributed by atoms with Crippen LogP contribution in [0.5, 0.6) is 11.5 Å². The van der Waals surface area contributed by atoms with Gasteiger partial charge in [0, 0.05) is 39.1 Å². The first-order valence-electron chi connectivity index (χ1n) is 10.3. The van der Waals surface area contributed by atoms with E-state index >= 15 is 0 Å². The summed E-state index contributed by atoms with van der Waals surface area (Å²) in [4.78, 5) is 7.14. The third kappa shape index (κ3) is 8.58. The number of halogens is 1. The van der Waals surface area contributed by atoms with Crippen LogP contribution in [0.1, 0.15) is 11.3 Å². The average molecular weight is 544 g/mol. The Hall–Kier alpha value is -1.98. The summed E-state index contributed by atoms with van der Waals surface area (Å²) in [6, 6.07) is 9.74. The maximum Gasteiger partial charge on any atom is 0.191 e. The molecule has 0 amide bonds. The Bertz CT molecular complexity index is 780.